The van der Waals surface area contributed by atoms with E-state index in [1.807, 2.05) is 41.8 Å². The van der Waals surface area contributed by atoms with Crippen molar-refractivity contribution in [2.75, 3.05) is 0 Å². The smallest absolute Gasteiger partial charge is 0.200 e. The van der Waals surface area contributed by atoms with Crippen LogP contribution >= 0.6 is 11.6 Å². The summed E-state index contributed by atoms with van der Waals surface area (Å²) in [5, 5.41) is 1.05. The van der Waals surface area contributed by atoms with Crippen molar-refractivity contribution in [1.29, 1.82) is 0 Å². The van der Waals surface area contributed by atoms with Crippen LogP contribution in [-0.2, 0) is 6.54 Å². The van der Waals surface area contributed by atoms with Gasteiger partial charge in [-0.3, -0.25) is 14.6 Å². The molecule has 0 saturated carbocycles. The molecule has 0 atom stereocenters. The lowest BCUT2D eigenvalue weighted by atomic mass is 10.0. The van der Waals surface area contributed by atoms with Crippen LogP contribution in [0.25, 0.3) is 10.9 Å². The van der Waals surface area contributed by atoms with Crippen molar-refractivity contribution in [3.63, 3.8) is 0 Å². The second-order valence-corrected chi connectivity index (χ2v) is 7.06. The highest BCUT2D eigenvalue weighted by atomic mass is 35.5. The van der Waals surface area contributed by atoms with Crippen molar-refractivity contribution in [2.45, 2.75) is 13.5 Å². The maximum absolute atomic E-state index is 13.0. The van der Waals surface area contributed by atoms with Gasteiger partial charge in [-0.1, -0.05) is 29.8 Å². The standard InChI is InChI=1S/C23H17ClN2O2/c1-15-5-4-6-18(25-15)13-26-14-20(22(27)16-9-11-17(24)12-10-16)23(28)19-7-2-3-8-21(19)26/h2-12,14H,13H2,1H3. The molecule has 4 nitrogen and oxygen atoms in total. The summed E-state index contributed by atoms with van der Waals surface area (Å²) in [4.78, 5) is 30.5. The summed E-state index contributed by atoms with van der Waals surface area (Å²) in [7, 11) is 0. The van der Waals surface area contributed by atoms with Crippen LogP contribution in [-0.4, -0.2) is 15.3 Å². The quantitative estimate of drug-likeness (QED) is 0.478. The summed E-state index contributed by atoms with van der Waals surface area (Å²) < 4.78 is 1.90. The maximum atomic E-state index is 13.0. The van der Waals surface area contributed by atoms with Gasteiger partial charge in [0, 0.05) is 27.9 Å². The van der Waals surface area contributed by atoms with E-state index in [9.17, 15) is 9.59 Å². The summed E-state index contributed by atoms with van der Waals surface area (Å²) in [5.74, 6) is -0.321. The monoisotopic (exact) mass is 388 g/mol. The summed E-state index contributed by atoms with van der Waals surface area (Å²) in [6.45, 7) is 2.39. The molecule has 0 aliphatic heterocycles. The van der Waals surface area contributed by atoms with E-state index >= 15 is 0 Å². The van der Waals surface area contributed by atoms with Gasteiger partial charge < -0.3 is 4.57 Å². The zero-order valence-electron chi connectivity index (χ0n) is 15.2. The molecule has 28 heavy (non-hydrogen) atoms. The van der Waals surface area contributed by atoms with E-state index in [1.54, 1.807) is 42.6 Å². The Morgan fingerprint density at radius 3 is 2.50 bits per heavy atom. The number of aromatic nitrogens is 2. The van der Waals surface area contributed by atoms with E-state index < -0.39 is 0 Å². The molecule has 0 saturated heterocycles. The van der Waals surface area contributed by atoms with Crippen molar-refractivity contribution < 1.29 is 4.79 Å². The molecule has 0 amide bonds. The van der Waals surface area contributed by atoms with Crippen LogP contribution in [0.4, 0.5) is 0 Å². The Hall–Kier alpha value is -3.24. The van der Waals surface area contributed by atoms with Crippen LogP contribution < -0.4 is 5.43 Å². The summed E-state index contributed by atoms with van der Waals surface area (Å²) >= 11 is 5.92. The maximum Gasteiger partial charge on any atom is 0.200 e. The molecule has 2 aromatic heterocycles. The van der Waals surface area contributed by atoms with E-state index in [2.05, 4.69) is 4.98 Å². The van der Waals surface area contributed by atoms with E-state index in [4.69, 9.17) is 11.6 Å². The Labute approximate surface area is 167 Å². The van der Waals surface area contributed by atoms with Gasteiger partial charge in [-0.25, -0.2) is 0 Å². The molecule has 5 heteroatoms. The molecular formula is C23H17ClN2O2. The number of pyridine rings is 2. The lowest BCUT2D eigenvalue weighted by Crippen LogP contribution is -2.20. The van der Waals surface area contributed by atoms with Crippen LogP contribution in [0.1, 0.15) is 27.3 Å². The highest BCUT2D eigenvalue weighted by molar-refractivity contribution is 6.30. The third-order valence-corrected chi connectivity index (χ3v) is 4.87. The van der Waals surface area contributed by atoms with Gasteiger partial charge >= 0.3 is 0 Å². The van der Waals surface area contributed by atoms with Crippen molar-refractivity contribution in [3.8, 4) is 0 Å². The van der Waals surface area contributed by atoms with Crippen molar-refractivity contribution in [2.24, 2.45) is 0 Å². The van der Waals surface area contributed by atoms with Crippen LogP contribution in [0.5, 0.6) is 0 Å². The highest BCUT2D eigenvalue weighted by Gasteiger charge is 2.17. The van der Waals surface area contributed by atoms with Crippen molar-refractivity contribution >= 4 is 28.3 Å². The largest absolute Gasteiger partial charge is 0.340 e. The fourth-order valence-corrected chi connectivity index (χ4v) is 3.38. The minimum absolute atomic E-state index is 0.133. The number of aryl methyl sites for hydroxylation is 1. The SMILES string of the molecule is Cc1cccc(Cn2cc(C(=O)c3ccc(Cl)cc3)c(=O)c3ccccc32)n1. The minimum Gasteiger partial charge on any atom is -0.340 e. The average Bonchev–Trinajstić information content (AvgIpc) is 2.70. The second kappa shape index (κ2) is 7.41. The Kier molecular flexibility index (Phi) is 4.80. The van der Waals surface area contributed by atoms with Gasteiger partial charge in [0.25, 0.3) is 0 Å². The number of fused-ring (bicyclic) bond motifs is 1. The van der Waals surface area contributed by atoms with Crippen LogP contribution in [0, 0.1) is 6.92 Å². The first-order valence-corrected chi connectivity index (χ1v) is 9.26. The number of hydrogen-bond acceptors (Lipinski definition) is 3. The third kappa shape index (κ3) is 3.47. The zero-order chi connectivity index (χ0) is 19.7. The Morgan fingerprint density at radius 1 is 1.00 bits per heavy atom. The molecule has 0 bridgehead atoms. The van der Waals surface area contributed by atoms with Gasteiger partial charge in [0.05, 0.1) is 23.3 Å². The lowest BCUT2D eigenvalue weighted by molar-refractivity contribution is 0.103. The predicted molar refractivity (Wildman–Crippen MR) is 111 cm³/mol. The molecule has 0 aliphatic rings. The molecule has 138 valence electrons. The topological polar surface area (TPSA) is 52.0 Å². The highest BCUT2D eigenvalue weighted by Crippen LogP contribution is 2.17. The zero-order valence-corrected chi connectivity index (χ0v) is 16.0. The number of ketones is 1. The van der Waals surface area contributed by atoms with Gasteiger partial charge in [0.15, 0.2) is 5.78 Å². The number of para-hydroxylation sites is 1. The van der Waals surface area contributed by atoms with Gasteiger partial charge in [-0.05, 0) is 55.5 Å². The van der Waals surface area contributed by atoms with Gasteiger partial charge in [0.1, 0.15) is 0 Å². The molecule has 0 fully saturated rings. The molecule has 4 rings (SSSR count). The molecule has 0 unspecified atom stereocenters. The van der Waals surface area contributed by atoms with E-state index in [0.717, 1.165) is 16.9 Å². The molecular weight excluding hydrogens is 372 g/mol. The van der Waals surface area contributed by atoms with Crippen LogP contribution in [0.2, 0.25) is 5.02 Å². The van der Waals surface area contributed by atoms with E-state index in [1.165, 1.54) is 0 Å². The van der Waals surface area contributed by atoms with Crippen LogP contribution in [0.15, 0.2) is 77.7 Å². The fourth-order valence-electron chi connectivity index (χ4n) is 3.26. The number of benzene rings is 2. The summed E-state index contributed by atoms with van der Waals surface area (Å²) in [6.07, 6.45) is 1.63. The molecule has 0 spiro atoms. The van der Waals surface area contributed by atoms with E-state index in [0.29, 0.717) is 22.5 Å². The van der Waals surface area contributed by atoms with Gasteiger partial charge in [-0.15, -0.1) is 0 Å². The molecule has 0 radical (unpaired) electrons. The molecule has 4 aromatic rings. The first-order chi connectivity index (χ1) is 13.5. The Balaban J connectivity index is 1.87. The van der Waals surface area contributed by atoms with Crippen molar-refractivity contribution in [3.05, 3.63) is 111 Å². The lowest BCUT2D eigenvalue weighted by Gasteiger charge is -2.13. The molecule has 2 aromatic carbocycles. The first kappa shape index (κ1) is 18.1. The van der Waals surface area contributed by atoms with Crippen LogP contribution in [0.3, 0.4) is 0 Å². The van der Waals surface area contributed by atoms with E-state index in [-0.39, 0.29) is 16.8 Å². The predicted octanol–water partition coefficient (Wildman–Crippen LogP) is 4.64. The molecule has 0 N–H and O–H groups in total. The second-order valence-electron chi connectivity index (χ2n) is 6.62. The summed E-state index contributed by atoms with van der Waals surface area (Å²) in [6, 6.07) is 19.7. The first-order valence-electron chi connectivity index (χ1n) is 8.88. The van der Waals surface area contributed by atoms with Crippen molar-refractivity contribution in [1.82, 2.24) is 9.55 Å². The number of carbonyl (C=O) groups is 1. The fraction of sp³-hybridized carbons (Fsp3) is 0.0870. The normalized spacial score (nSPS) is 10.9. The summed E-state index contributed by atoms with van der Waals surface area (Å²) in [5.41, 5.74) is 2.83. The van der Waals surface area contributed by atoms with Gasteiger partial charge in [-0.2, -0.15) is 0 Å². The Morgan fingerprint density at radius 2 is 1.75 bits per heavy atom. The number of nitrogens with zero attached hydrogens (tertiary/aromatic N) is 2. The molecule has 2 heterocycles. The van der Waals surface area contributed by atoms with Gasteiger partial charge in [0.2, 0.25) is 5.43 Å². The Bertz CT molecular complexity index is 1240. The number of halogens is 1. The number of rotatable bonds is 4. The molecule has 0 aliphatic carbocycles. The number of carbonyl (C=O) groups excluding carboxylic acids is 1. The minimum atomic E-state index is -0.321. The third-order valence-electron chi connectivity index (χ3n) is 4.62. The number of hydrogen-bond donors (Lipinski definition) is 0. The average molecular weight is 389 g/mol.